The molecule has 0 radical (unpaired) electrons. The Balaban J connectivity index is 2.36. The van der Waals surface area contributed by atoms with Crippen LogP contribution in [0, 0.1) is 5.41 Å². The van der Waals surface area contributed by atoms with Crippen LogP contribution < -0.4 is 4.74 Å². The van der Waals surface area contributed by atoms with E-state index in [1.54, 1.807) is 35.3 Å². The van der Waals surface area contributed by atoms with E-state index in [1.807, 2.05) is 6.08 Å². The van der Waals surface area contributed by atoms with E-state index >= 15 is 0 Å². The monoisotopic (exact) mass is 311 g/mol. The van der Waals surface area contributed by atoms with Crippen molar-refractivity contribution in [1.82, 2.24) is 15.0 Å². The molecule has 2 aromatic rings. The number of hydrogen-bond donors (Lipinski definition) is 0. The van der Waals surface area contributed by atoms with Crippen LogP contribution in [0.5, 0.6) is 5.75 Å². The second-order valence-electron chi connectivity index (χ2n) is 5.37. The van der Waals surface area contributed by atoms with E-state index in [9.17, 15) is 0 Å². The summed E-state index contributed by atoms with van der Waals surface area (Å²) in [7, 11) is 0. The molecule has 0 saturated heterocycles. The van der Waals surface area contributed by atoms with E-state index in [1.165, 1.54) is 0 Å². The van der Waals surface area contributed by atoms with Crippen molar-refractivity contribution >= 4 is 29.1 Å². The minimum Gasteiger partial charge on any atom is -0.438 e. The summed E-state index contributed by atoms with van der Waals surface area (Å²) >= 11 is 12.0. The average Bonchev–Trinajstić information content (AvgIpc) is 2.83. The van der Waals surface area contributed by atoms with E-state index in [-0.39, 0.29) is 5.41 Å². The molecule has 6 heteroatoms. The van der Waals surface area contributed by atoms with Gasteiger partial charge in [0.15, 0.2) is 0 Å². The van der Waals surface area contributed by atoms with E-state index in [0.717, 1.165) is 0 Å². The van der Waals surface area contributed by atoms with Crippen molar-refractivity contribution < 1.29 is 4.74 Å². The van der Waals surface area contributed by atoms with Gasteiger partial charge in [-0.05, 0) is 29.7 Å². The Labute approximate surface area is 128 Å². The van der Waals surface area contributed by atoms with Crippen molar-refractivity contribution in [2.24, 2.45) is 5.41 Å². The van der Waals surface area contributed by atoms with Crippen molar-refractivity contribution in [3.63, 3.8) is 0 Å². The Morgan fingerprint density at radius 3 is 2.60 bits per heavy atom. The maximum atomic E-state index is 6.12. The third-order valence-electron chi connectivity index (χ3n) is 2.31. The van der Waals surface area contributed by atoms with Gasteiger partial charge in [0.2, 0.25) is 5.88 Å². The van der Waals surface area contributed by atoms with Gasteiger partial charge in [-0.15, -0.1) is 5.10 Å². The van der Waals surface area contributed by atoms with Crippen LogP contribution in [0.15, 0.2) is 36.7 Å². The number of aromatic nitrogens is 3. The average molecular weight is 312 g/mol. The summed E-state index contributed by atoms with van der Waals surface area (Å²) in [6, 6.07) is 5.07. The third kappa shape index (κ3) is 3.99. The van der Waals surface area contributed by atoms with Crippen molar-refractivity contribution in [3.8, 4) is 5.75 Å². The van der Waals surface area contributed by atoms with Gasteiger partial charge in [-0.2, -0.15) is 4.68 Å². The summed E-state index contributed by atoms with van der Waals surface area (Å²) in [5.41, 5.74) is -0.0831. The minimum absolute atomic E-state index is 0.0831. The first kappa shape index (κ1) is 14.9. The molecule has 106 valence electrons. The highest BCUT2D eigenvalue weighted by Gasteiger charge is 2.14. The molecule has 0 aliphatic rings. The molecule has 4 nitrogen and oxygen atoms in total. The second-order valence-corrected chi connectivity index (χ2v) is 6.22. The maximum Gasteiger partial charge on any atom is 0.218 e. The first-order valence-electron chi connectivity index (χ1n) is 6.07. The summed E-state index contributed by atoms with van der Waals surface area (Å²) in [4.78, 5) is 0. The predicted molar refractivity (Wildman–Crippen MR) is 80.8 cm³/mol. The smallest absolute Gasteiger partial charge is 0.218 e. The molecule has 0 unspecified atom stereocenters. The lowest BCUT2D eigenvalue weighted by atomic mass is 9.97. The van der Waals surface area contributed by atoms with Gasteiger partial charge in [0.1, 0.15) is 5.75 Å². The van der Waals surface area contributed by atoms with Gasteiger partial charge in [-0.1, -0.05) is 49.2 Å². The lowest BCUT2D eigenvalue weighted by Gasteiger charge is -2.17. The van der Waals surface area contributed by atoms with E-state index < -0.39 is 0 Å². The van der Waals surface area contributed by atoms with Crippen LogP contribution in [0.4, 0.5) is 0 Å². The summed E-state index contributed by atoms with van der Waals surface area (Å²) in [6.45, 7) is 6.20. The zero-order valence-electron chi connectivity index (χ0n) is 11.5. The molecule has 1 aromatic carbocycles. The van der Waals surface area contributed by atoms with Crippen molar-refractivity contribution in [3.05, 3.63) is 46.7 Å². The molecule has 0 spiro atoms. The first-order valence-corrected chi connectivity index (χ1v) is 6.83. The van der Waals surface area contributed by atoms with E-state index in [2.05, 4.69) is 31.1 Å². The van der Waals surface area contributed by atoms with Crippen LogP contribution >= 0.6 is 23.2 Å². The molecular formula is C14H15Cl2N3O. The van der Waals surface area contributed by atoms with Gasteiger partial charge in [0.25, 0.3) is 0 Å². The summed E-state index contributed by atoms with van der Waals surface area (Å²) in [6.07, 6.45) is 5.25. The van der Waals surface area contributed by atoms with Gasteiger partial charge in [0.05, 0.1) is 17.4 Å². The number of nitrogens with zero attached hydrogens (tertiary/aromatic N) is 3. The highest BCUT2D eigenvalue weighted by molar-refractivity contribution is 6.35. The highest BCUT2D eigenvalue weighted by Crippen LogP contribution is 2.30. The van der Waals surface area contributed by atoms with Gasteiger partial charge >= 0.3 is 0 Å². The quantitative estimate of drug-likeness (QED) is 0.783. The van der Waals surface area contributed by atoms with Gasteiger partial charge in [-0.25, -0.2) is 0 Å². The van der Waals surface area contributed by atoms with Crippen LogP contribution in [0.3, 0.4) is 0 Å². The Morgan fingerprint density at radius 2 is 2.05 bits per heavy atom. The Morgan fingerprint density at radius 1 is 1.30 bits per heavy atom. The van der Waals surface area contributed by atoms with E-state index in [0.29, 0.717) is 21.7 Å². The fraction of sp³-hybridized carbons (Fsp3) is 0.286. The first-order chi connectivity index (χ1) is 9.35. The standard InChI is InChI=1S/C14H15Cl2N3O/c1-14(2,3)9-13(19-7-6-17-18-19)20-12-5-4-10(15)8-11(12)16/h4-9H,1-3H3. The molecule has 0 fully saturated rings. The molecule has 2 rings (SSSR count). The van der Waals surface area contributed by atoms with Crippen LogP contribution in [-0.4, -0.2) is 15.0 Å². The van der Waals surface area contributed by atoms with Gasteiger partial charge < -0.3 is 4.74 Å². The van der Waals surface area contributed by atoms with Crippen LogP contribution in [0.1, 0.15) is 20.8 Å². The Bertz CT molecular complexity index is 616. The molecule has 1 heterocycles. The lowest BCUT2D eigenvalue weighted by molar-refractivity contribution is 0.441. The van der Waals surface area contributed by atoms with Crippen molar-refractivity contribution in [2.75, 3.05) is 0 Å². The molecule has 0 bridgehead atoms. The SMILES string of the molecule is CC(C)(C)C=C(Oc1ccc(Cl)cc1Cl)n1ccnn1. The fourth-order valence-electron chi connectivity index (χ4n) is 1.51. The summed E-state index contributed by atoms with van der Waals surface area (Å²) in [5.74, 6) is 1.06. The highest BCUT2D eigenvalue weighted by atomic mass is 35.5. The largest absolute Gasteiger partial charge is 0.438 e. The normalized spacial score (nSPS) is 12.6. The maximum absolute atomic E-state index is 6.12. The van der Waals surface area contributed by atoms with Crippen LogP contribution in [-0.2, 0) is 0 Å². The molecule has 0 atom stereocenters. The van der Waals surface area contributed by atoms with E-state index in [4.69, 9.17) is 27.9 Å². The van der Waals surface area contributed by atoms with Crippen LogP contribution in [0.25, 0.3) is 5.88 Å². The number of ether oxygens (including phenoxy) is 1. The van der Waals surface area contributed by atoms with Crippen molar-refractivity contribution in [2.45, 2.75) is 20.8 Å². The second kappa shape index (κ2) is 5.85. The van der Waals surface area contributed by atoms with Crippen molar-refractivity contribution in [1.29, 1.82) is 0 Å². The molecule has 20 heavy (non-hydrogen) atoms. The number of hydrogen-bond acceptors (Lipinski definition) is 3. The molecule has 0 N–H and O–H groups in total. The molecule has 0 saturated carbocycles. The number of allylic oxidation sites excluding steroid dienone is 1. The Kier molecular flexibility index (Phi) is 4.35. The molecular weight excluding hydrogens is 297 g/mol. The number of rotatable bonds is 3. The topological polar surface area (TPSA) is 39.9 Å². The third-order valence-corrected chi connectivity index (χ3v) is 2.84. The Hall–Kier alpha value is -1.52. The predicted octanol–water partition coefficient (Wildman–Crippen LogP) is 4.51. The number of halogens is 2. The summed E-state index contributed by atoms with van der Waals surface area (Å²) < 4.78 is 7.40. The lowest BCUT2D eigenvalue weighted by Crippen LogP contribution is -2.11. The van der Waals surface area contributed by atoms with Gasteiger partial charge in [-0.3, -0.25) is 0 Å². The molecule has 0 aliphatic carbocycles. The molecule has 0 aliphatic heterocycles. The van der Waals surface area contributed by atoms with Crippen LogP contribution in [0.2, 0.25) is 10.0 Å². The zero-order chi connectivity index (χ0) is 14.8. The molecule has 1 aromatic heterocycles. The summed E-state index contributed by atoms with van der Waals surface area (Å²) in [5, 5.41) is 8.74. The number of benzene rings is 1. The fourth-order valence-corrected chi connectivity index (χ4v) is 1.96. The minimum atomic E-state index is -0.0831. The molecule has 0 amide bonds. The zero-order valence-corrected chi connectivity index (χ0v) is 13.0. The van der Waals surface area contributed by atoms with Gasteiger partial charge in [0, 0.05) is 5.02 Å².